The zero-order valence-corrected chi connectivity index (χ0v) is 14.6. The molecule has 3 N–H and O–H groups in total. The summed E-state index contributed by atoms with van der Waals surface area (Å²) in [7, 11) is 0. The van der Waals surface area contributed by atoms with Gasteiger partial charge in [0.25, 0.3) is 0 Å². The molecule has 1 aliphatic carbocycles. The van der Waals surface area contributed by atoms with E-state index in [-0.39, 0.29) is 12.6 Å². The van der Waals surface area contributed by atoms with Crippen LogP contribution in [0.3, 0.4) is 0 Å². The molecule has 2 amide bonds. The lowest BCUT2D eigenvalue weighted by Gasteiger charge is -2.34. The van der Waals surface area contributed by atoms with Crippen LogP contribution < -0.4 is 10.6 Å². The minimum atomic E-state index is -0.979. The summed E-state index contributed by atoms with van der Waals surface area (Å²) in [6.07, 6.45) is 5.14. The summed E-state index contributed by atoms with van der Waals surface area (Å²) >= 11 is 0. The van der Waals surface area contributed by atoms with Gasteiger partial charge in [-0.25, -0.2) is 4.79 Å². The molecule has 132 valence electrons. The number of carbonyl (C=O) groups excluding carboxylic acids is 1. The highest BCUT2D eigenvalue weighted by Gasteiger charge is 2.34. The number of nitrogens with zero attached hydrogens (tertiary/aromatic N) is 1. The Morgan fingerprint density at radius 3 is 2.88 bits per heavy atom. The van der Waals surface area contributed by atoms with Crippen LogP contribution in [0.25, 0.3) is 0 Å². The number of carbonyl (C=O) groups is 1. The van der Waals surface area contributed by atoms with Gasteiger partial charge in [0.1, 0.15) is 5.60 Å². The van der Waals surface area contributed by atoms with Gasteiger partial charge in [0.2, 0.25) is 0 Å². The smallest absolute Gasteiger partial charge is 0.314 e. The Morgan fingerprint density at radius 2 is 2.08 bits per heavy atom. The lowest BCUT2D eigenvalue weighted by atomic mass is 9.79. The second-order valence-electron chi connectivity index (χ2n) is 6.71. The molecule has 0 saturated heterocycles. The molecule has 5 heteroatoms. The molecule has 0 saturated carbocycles. The number of hydrogen-bond acceptors (Lipinski definition) is 3. The first-order chi connectivity index (χ1) is 12.1. The van der Waals surface area contributed by atoms with Crippen LogP contribution in [0.4, 0.5) is 4.79 Å². The fourth-order valence-electron chi connectivity index (χ4n) is 3.34. The standard InChI is InChI=1S/C20H25N3O2/c1-15-8-9-16(13-22-15)10-12-21-19(24)23-14-20(25)11-4-6-17-5-2-3-7-18(17)20/h2-3,5,7-9,13,25H,4,6,10-12,14H2,1H3,(H2,21,23,24). The van der Waals surface area contributed by atoms with Gasteiger partial charge in [-0.2, -0.15) is 0 Å². The number of aromatic nitrogens is 1. The van der Waals surface area contributed by atoms with Crippen molar-refractivity contribution in [3.8, 4) is 0 Å². The number of fused-ring (bicyclic) bond motifs is 1. The number of pyridine rings is 1. The first-order valence-corrected chi connectivity index (χ1v) is 8.81. The van der Waals surface area contributed by atoms with Crippen LogP contribution in [0, 0.1) is 6.92 Å². The van der Waals surface area contributed by atoms with E-state index >= 15 is 0 Å². The molecule has 1 unspecified atom stereocenters. The van der Waals surface area contributed by atoms with E-state index in [1.807, 2.05) is 43.5 Å². The Kier molecular flexibility index (Phi) is 5.34. The third kappa shape index (κ3) is 4.37. The van der Waals surface area contributed by atoms with Crippen LogP contribution in [-0.4, -0.2) is 29.2 Å². The third-order valence-corrected chi connectivity index (χ3v) is 4.77. The summed E-state index contributed by atoms with van der Waals surface area (Å²) in [5, 5.41) is 16.6. The van der Waals surface area contributed by atoms with Crippen LogP contribution in [0.2, 0.25) is 0 Å². The van der Waals surface area contributed by atoms with E-state index in [9.17, 15) is 9.90 Å². The Hall–Kier alpha value is -2.40. The van der Waals surface area contributed by atoms with E-state index in [0.717, 1.165) is 36.1 Å². The number of urea groups is 1. The number of nitrogens with one attached hydrogen (secondary N) is 2. The molecule has 1 heterocycles. The summed E-state index contributed by atoms with van der Waals surface area (Å²) in [6, 6.07) is 11.7. The van der Waals surface area contributed by atoms with Gasteiger partial charge in [0, 0.05) is 18.4 Å². The number of amides is 2. The molecule has 5 nitrogen and oxygen atoms in total. The van der Waals surface area contributed by atoms with Gasteiger partial charge < -0.3 is 15.7 Å². The minimum Gasteiger partial charge on any atom is -0.383 e. The minimum absolute atomic E-state index is 0.224. The first kappa shape index (κ1) is 17.4. The summed E-state index contributed by atoms with van der Waals surface area (Å²) < 4.78 is 0. The van der Waals surface area contributed by atoms with Gasteiger partial charge in [-0.1, -0.05) is 30.3 Å². The number of aliphatic hydroxyl groups is 1. The monoisotopic (exact) mass is 339 g/mol. The zero-order chi connectivity index (χ0) is 17.7. The SMILES string of the molecule is Cc1ccc(CCNC(=O)NCC2(O)CCCc3ccccc32)cn1. The molecule has 1 aliphatic rings. The predicted molar refractivity (Wildman–Crippen MR) is 97.4 cm³/mol. The third-order valence-electron chi connectivity index (χ3n) is 4.77. The number of rotatable bonds is 5. The summed E-state index contributed by atoms with van der Waals surface area (Å²) in [4.78, 5) is 16.3. The van der Waals surface area contributed by atoms with Crippen molar-refractivity contribution < 1.29 is 9.90 Å². The molecule has 1 aromatic carbocycles. The van der Waals surface area contributed by atoms with Crippen molar-refractivity contribution in [3.05, 3.63) is 65.0 Å². The van der Waals surface area contributed by atoms with Crippen molar-refractivity contribution in [3.63, 3.8) is 0 Å². The predicted octanol–water partition coefficient (Wildman–Crippen LogP) is 2.46. The summed E-state index contributed by atoms with van der Waals surface area (Å²) in [5.41, 5.74) is 3.20. The highest BCUT2D eigenvalue weighted by molar-refractivity contribution is 5.74. The van der Waals surface area contributed by atoms with Crippen molar-refractivity contribution in [2.75, 3.05) is 13.1 Å². The van der Waals surface area contributed by atoms with Crippen LogP contribution in [0.15, 0.2) is 42.6 Å². The molecule has 2 aromatic rings. The van der Waals surface area contributed by atoms with E-state index in [1.54, 1.807) is 0 Å². The van der Waals surface area contributed by atoms with Crippen molar-refractivity contribution in [1.29, 1.82) is 0 Å². The van der Waals surface area contributed by atoms with Crippen molar-refractivity contribution in [2.24, 2.45) is 0 Å². The molecule has 0 spiro atoms. The largest absolute Gasteiger partial charge is 0.383 e. The van der Waals surface area contributed by atoms with Gasteiger partial charge in [-0.15, -0.1) is 0 Å². The number of aryl methyl sites for hydroxylation is 2. The molecular weight excluding hydrogens is 314 g/mol. The van der Waals surface area contributed by atoms with Crippen LogP contribution >= 0.6 is 0 Å². The molecule has 0 fully saturated rings. The molecule has 1 aromatic heterocycles. The maximum absolute atomic E-state index is 12.0. The number of benzene rings is 1. The fourth-order valence-corrected chi connectivity index (χ4v) is 3.34. The van der Waals surface area contributed by atoms with Crippen molar-refractivity contribution in [2.45, 2.75) is 38.2 Å². The molecule has 25 heavy (non-hydrogen) atoms. The lowest BCUT2D eigenvalue weighted by Crippen LogP contribution is -2.46. The Balaban J connectivity index is 1.48. The fraction of sp³-hybridized carbons (Fsp3) is 0.400. The molecular formula is C20H25N3O2. The lowest BCUT2D eigenvalue weighted by molar-refractivity contribution is 0.0217. The Morgan fingerprint density at radius 1 is 1.24 bits per heavy atom. The van der Waals surface area contributed by atoms with E-state index in [1.165, 1.54) is 5.56 Å². The molecule has 3 rings (SSSR count). The highest BCUT2D eigenvalue weighted by atomic mass is 16.3. The van der Waals surface area contributed by atoms with Crippen LogP contribution in [0.5, 0.6) is 0 Å². The van der Waals surface area contributed by atoms with Gasteiger partial charge in [-0.05, 0) is 55.4 Å². The summed E-state index contributed by atoms with van der Waals surface area (Å²) in [5.74, 6) is 0. The average molecular weight is 339 g/mol. The topological polar surface area (TPSA) is 74.2 Å². The first-order valence-electron chi connectivity index (χ1n) is 8.81. The maximum Gasteiger partial charge on any atom is 0.314 e. The van der Waals surface area contributed by atoms with E-state index in [0.29, 0.717) is 13.0 Å². The van der Waals surface area contributed by atoms with Gasteiger partial charge in [0.05, 0.1) is 6.54 Å². The van der Waals surface area contributed by atoms with E-state index in [4.69, 9.17) is 0 Å². The normalized spacial score (nSPS) is 19.1. The summed E-state index contributed by atoms with van der Waals surface area (Å²) in [6.45, 7) is 2.71. The molecule has 0 bridgehead atoms. The van der Waals surface area contributed by atoms with Crippen molar-refractivity contribution in [1.82, 2.24) is 15.6 Å². The van der Waals surface area contributed by atoms with Crippen LogP contribution in [-0.2, 0) is 18.4 Å². The second kappa shape index (κ2) is 7.66. The zero-order valence-electron chi connectivity index (χ0n) is 14.6. The molecule has 0 aliphatic heterocycles. The number of hydrogen-bond donors (Lipinski definition) is 3. The van der Waals surface area contributed by atoms with Gasteiger partial charge in [-0.3, -0.25) is 4.98 Å². The molecule has 0 radical (unpaired) electrons. The van der Waals surface area contributed by atoms with E-state index in [2.05, 4.69) is 21.7 Å². The average Bonchev–Trinajstić information content (AvgIpc) is 2.62. The highest BCUT2D eigenvalue weighted by Crippen LogP contribution is 2.34. The second-order valence-corrected chi connectivity index (χ2v) is 6.71. The van der Waals surface area contributed by atoms with Gasteiger partial charge >= 0.3 is 6.03 Å². The molecule has 1 atom stereocenters. The maximum atomic E-state index is 12.0. The van der Waals surface area contributed by atoms with E-state index < -0.39 is 5.60 Å². The Labute approximate surface area is 148 Å². The van der Waals surface area contributed by atoms with Crippen LogP contribution in [0.1, 0.15) is 35.2 Å². The quantitative estimate of drug-likeness (QED) is 0.783. The van der Waals surface area contributed by atoms with Crippen molar-refractivity contribution >= 4 is 6.03 Å². The Bertz CT molecular complexity index is 730. The van der Waals surface area contributed by atoms with Gasteiger partial charge in [0.15, 0.2) is 0 Å².